The molecule has 3 amide bonds. The standard InChI is InChI=1S/C12H16ClN5O2.ClH/c1-2-5-16-12(20)17-9-6-7(3-4-8(9)13)10(19)18-11(14)15;/h3-4,6H,2,5H2,1H3,(H2,16,17,20)(H4,14,15,18,19);1H. The second-order valence-electron chi connectivity index (χ2n) is 3.94. The summed E-state index contributed by atoms with van der Waals surface area (Å²) >= 11 is 5.94. The molecule has 0 saturated carbocycles. The van der Waals surface area contributed by atoms with Gasteiger partial charge in [-0.1, -0.05) is 18.5 Å². The van der Waals surface area contributed by atoms with Crippen molar-refractivity contribution in [1.82, 2.24) is 10.6 Å². The zero-order valence-electron chi connectivity index (χ0n) is 11.3. The van der Waals surface area contributed by atoms with Gasteiger partial charge in [0.2, 0.25) is 0 Å². The largest absolute Gasteiger partial charge is 0.370 e. The number of guanidine groups is 1. The molecule has 0 spiro atoms. The number of carbonyl (C=O) groups excluding carboxylic acids is 2. The van der Waals surface area contributed by atoms with E-state index in [1.165, 1.54) is 18.2 Å². The molecule has 0 aliphatic heterocycles. The van der Waals surface area contributed by atoms with E-state index in [0.29, 0.717) is 17.3 Å². The minimum atomic E-state index is -0.550. The first-order chi connectivity index (χ1) is 9.43. The van der Waals surface area contributed by atoms with Gasteiger partial charge in [0.1, 0.15) is 0 Å². The zero-order chi connectivity index (χ0) is 15.1. The molecule has 0 atom stereocenters. The maximum atomic E-state index is 11.7. The Morgan fingerprint density at radius 1 is 1.38 bits per heavy atom. The summed E-state index contributed by atoms with van der Waals surface area (Å²) in [6, 6.07) is 3.95. The van der Waals surface area contributed by atoms with E-state index in [0.717, 1.165) is 6.42 Å². The van der Waals surface area contributed by atoms with Crippen molar-refractivity contribution in [2.75, 3.05) is 11.9 Å². The third-order valence-corrected chi connectivity index (χ3v) is 2.59. The third kappa shape index (κ3) is 6.33. The van der Waals surface area contributed by atoms with E-state index in [9.17, 15) is 9.59 Å². The van der Waals surface area contributed by atoms with Gasteiger partial charge in [0.25, 0.3) is 5.91 Å². The summed E-state index contributed by atoms with van der Waals surface area (Å²) < 4.78 is 0. The van der Waals surface area contributed by atoms with Crippen LogP contribution in [-0.2, 0) is 0 Å². The summed E-state index contributed by atoms with van der Waals surface area (Å²) in [6.45, 7) is 2.47. The van der Waals surface area contributed by atoms with Gasteiger partial charge in [0.15, 0.2) is 5.96 Å². The minimum absolute atomic E-state index is 0. The lowest BCUT2D eigenvalue weighted by molar-refractivity contribution is 0.0976. The van der Waals surface area contributed by atoms with E-state index in [-0.39, 0.29) is 18.0 Å². The lowest BCUT2D eigenvalue weighted by Crippen LogP contribution is -2.35. The number of halogens is 2. The van der Waals surface area contributed by atoms with Crippen LogP contribution in [0.1, 0.15) is 23.7 Å². The molecule has 21 heavy (non-hydrogen) atoms. The summed E-state index contributed by atoms with van der Waals surface area (Å²) in [5.74, 6) is -1.01. The molecular weight excluding hydrogens is 317 g/mol. The molecule has 0 fully saturated rings. The first-order valence-corrected chi connectivity index (χ1v) is 6.31. The molecule has 0 heterocycles. The Kier molecular flexibility index (Phi) is 8.18. The fraction of sp³-hybridized carbons (Fsp3) is 0.250. The Morgan fingerprint density at radius 3 is 2.62 bits per heavy atom. The Morgan fingerprint density at radius 2 is 2.05 bits per heavy atom. The molecule has 6 N–H and O–H groups in total. The Labute approximate surface area is 133 Å². The van der Waals surface area contributed by atoms with Crippen LogP contribution in [0.15, 0.2) is 18.2 Å². The van der Waals surface area contributed by atoms with Crippen LogP contribution in [0.2, 0.25) is 5.02 Å². The Balaban J connectivity index is 0.00000400. The lowest BCUT2D eigenvalue weighted by atomic mass is 10.2. The smallest absolute Gasteiger partial charge is 0.319 e. The van der Waals surface area contributed by atoms with Crippen LogP contribution in [0, 0.1) is 5.41 Å². The second kappa shape index (κ2) is 9.04. The summed E-state index contributed by atoms with van der Waals surface area (Å²) in [7, 11) is 0. The van der Waals surface area contributed by atoms with E-state index in [1.54, 1.807) is 0 Å². The highest BCUT2D eigenvalue weighted by atomic mass is 35.5. The van der Waals surface area contributed by atoms with Crippen LogP contribution in [-0.4, -0.2) is 24.4 Å². The fourth-order valence-electron chi connectivity index (χ4n) is 1.36. The lowest BCUT2D eigenvalue weighted by Gasteiger charge is -2.10. The van der Waals surface area contributed by atoms with Gasteiger partial charge in [-0.2, -0.15) is 0 Å². The van der Waals surface area contributed by atoms with Gasteiger partial charge in [-0.15, -0.1) is 12.4 Å². The van der Waals surface area contributed by atoms with Crippen molar-refractivity contribution in [3.63, 3.8) is 0 Å². The van der Waals surface area contributed by atoms with Crippen molar-refractivity contribution in [3.8, 4) is 0 Å². The normalized spacial score (nSPS) is 9.24. The van der Waals surface area contributed by atoms with Gasteiger partial charge in [-0.05, 0) is 24.6 Å². The minimum Gasteiger partial charge on any atom is -0.370 e. The number of carbonyl (C=O) groups is 2. The van der Waals surface area contributed by atoms with Crippen molar-refractivity contribution in [2.45, 2.75) is 13.3 Å². The molecule has 1 aromatic carbocycles. The van der Waals surface area contributed by atoms with Gasteiger partial charge in [-0.3, -0.25) is 15.5 Å². The fourth-order valence-corrected chi connectivity index (χ4v) is 1.53. The van der Waals surface area contributed by atoms with Crippen LogP contribution in [0.25, 0.3) is 0 Å². The zero-order valence-corrected chi connectivity index (χ0v) is 12.9. The molecule has 0 aliphatic carbocycles. The molecule has 0 bridgehead atoms. The van der Waals surface area contributed by atoms with Crippen LogP contribution in [0.5, 0.6) is 0 Å². The highest BCUT2D eigenvalue weighted by molar-refractivity contribution is 6.33. The highest BCUT2D eigenvalue weighted by Gasteiger charge is 2.11. The van der Waals surface area contributed by atoms with E-state index >= 15 is 0 Å². The van der Waals surface area contributed by atoms with Gasteiger partial charge in [0.05, 0.1) is 10.7 Å². The Bertz CT molecular complexity index is 536. The highest BCUT2D eigenvalue weighted by Crippen LogP contribution is 2.22. The van der Waals surface area contributed by atoms with Crippen molar-refractivity contribution >= 4 is 47.6 Å². The summed E-state index contributed by atoms with van der Waals surface area (Å²) in [5, 5.41) is 14.6. The second-order valence-corrected chi connectivity index (χ2v) is 4.35. The number of rotatable bonds is 4. The van der Waals surface area contributed by atoms with Crippen LogP contribution in [0.4, 0.5) is 10.5 Å². The van der Waals surface area contributed by atoms with Crippen LogP contribution >= 0.6 is 24.0 Å². The topological polar surface area (TPSA) is 120 Å². The average molecular weight is 334 g/mol. The number of anilines is 1. The Hall–Kier alpha value is -1.99. The predicted octanol–water partition coefficient (Wildman–Crippen LogP) is 1.92. The van der Waals surface area contributed by atoms with E-state index in [2.05, 4.69) is 16.0 Å². The first-order valence-electron chi connectivity index (χ1n) is 5.93. The van der Waals surface area contributed by atoms with Gasteiger partial charge in [-0.25, -0.2) is 4.79 Å². The number of benzene rings is 1. The van der Waals surface area contributed by atoms with Crippen molar-refractivity contribution in [2.24, 2.45) is 5.73 Å². The van der Waals surface area contributed by atoms with Gasteiger partial charge in [0, 0.05) is 12.1 Å². The predicted molar refractivity (Wildman–Crippen MR) is 85.4 cm³/mol. The number of nitrogens with one attached hydrogen (secondary N) is 4. The summed E-state index contributed by atoms with van der Waals surface area (Å²) in [4.78, 5) is 23.2. The van der Waals surface area contributed by atoms with Crippen molar-refractivity contribution < 1.29 is 9.59 Å². The maximum absolute atomic E-state index is 11.7. The molecule has 1 rings (SSSR count). The van der Waals surface area contributed by atoms with Crippen LogP contribution in [0.3, 0.4) is 0 Å². The molecular formula is C12H17Cl2N5O2. The van der Waals surface area contributed by atoms with Crippen molar-refractivity contribution in [1.29, 1.82) is 5.41 Å². The molecule has 0 aromatic heterocycles. The molecule has 1 aromatic rings. The third-order valence-electron chi connectivity index (χ3n) is 2.26. The average Bonchev–Trinajstić information content (AvgIpc) is 2.38. The van der Waals surface area contributed by atoms with Crippen molar-refractivity contribution in [3.05, 3.63) is 28.8 Å². The number of amides is 3. The quantitative estimate of drug-likeness (QED) is 0.427. The number of urea groups is 1. The monoisotopic (exact) mass is 333 g/mol. The molecule has 9 heteroatoms. The summed E-state index contributed by atoms with van der Waals surface area (Å²) in [6.07, 6.45) is 0.808. The van der Waals surface area contributed by atoms with Gasteiger partial charge < -0.3 is 16.4 Å². The molecule has 0 radical (unpaired) electrons. The first kappa shape index (κ1) is 19.0. The number of hydrogen-bond acceptors (Lipinski definition) is 3. The number of hydrogen-bond donors (Lipinski definition) is 5. The van der Waals surface area contributed by atoms with Gasteiger partial charge >= 0.3 is 6.03 Å². The SMILES string of the molecule is CCCNC(=O)Nc1cc(C(=O)NC(=N)N)ccc1Cl.Cl. The van der Waals surface area contributed by atoms with E-state index in [4.69, 9.17) is 22.7 Å². The van der Waals surface area contributed by atoms with E-state index < -0.39 is 17.9 Å². The molecule has 7 nitrogen and oxygen atoms in total. The molecule has 0 unspecified atom stereocenters. The van der Waals surface area contributed by atoms with Crippen LogP contribution < -0.4 is 21.7 Å². The summed E-state index contributed by atoms with van der Waals surface area (Å²) in [5.41, 5.74) is 5.61. The maximum Gasteiger partial charge on any atom is 0.319 e. The molecule has 0 aliphatic rings. The van der Waals surface area contributed by atoms with E-state index in [1.807, 2.05) is 6.92 Å². The molecule has 116 valence electrons. The molecule has 0 saturated heterocycles. The number of nitrogens with two attached hydrogens (primary N) is 1.